The highest BCUT2D eigenvalue weighted by atomic mass is 79.9. The summed E-state index contributed by atoms with van der Waals surface area (Å²) >= 11 is 3.32. The number of carbonyl (C=O) groups excluding carboxylic acids is 1. The molecule has 1 saturated heterocycles. The summed E-state index contributed by atoms with van der Waals surface area (Å²) in [5.74, 6) is 0.820. The molecule has 0 saturated carbocycles. The molecule has 4 nitrogen and oxygen atoms in total. The minimum Gasteiger partial charge on any atom is -0.352 e. The van der Waals surface area contributed by atoms with Gasteiger partial charge in [-0.3, -0.25) is 9.78 Å². The molecule has 1 N–H and O–H groups in total. The van der Waals surface area contributed by atoms with Crippen molar-refractivity contribution in [1.82, 2.24) is 15.2 Å². The second kappa shape index (κ2) is 7.74. The van der Waals surface area contributed by atoms with Crippen LogP contribution in [0, 0.1) is 5.92 Å². The number of nitrogens with one attached hydrogen (secondary N) is 1. The summed E-state index contributed by atoms with van der Waals surface area (Å²) in [5.41, 5.74) is 0.603. The van der Waals surface area contributed by atoms with Crippen molar-refractivity contribution in [3.05, 3.63) is 28.5 Å². The van der Waals surface area contributed by atoms with Crippen LogP contribution in [0.15, 0.2) is 22.9 Å². The molecule has 2 heterocycles. The van der Waals surface area contributed by atoms with E-state index in [0.717, 1.165) is 29.9 Å². The highest BCUT2D eigenvalue weighted by Crippen LogP contribution is 2.15. The molecule has 2 rings (SSSR count). The molecule has 0 aromatic carbocycles. The fourth-order valence-electron chi connectivity index (χ4n) is 2.43. The van der Waals surface area contributed by atoms with E-state index < -0.39 is 0 Å². The predicted octanol–water partition coefficient (Wildman–Crippen LogP) is 2.70. The Balaban J connectivity index is 1.64. The molecule has 1 fully saturated rings. The van der Waals surface area contributed by atoms with Gasteiger partial charge in [-0.05, 0) is 66.8 Å². The van der Waals surface area contributed by atoms with Crippen LogP contribution in [0.5, 0.6) is 0 Å². The maximum absolute atomic E-state index is 11.9. The summed E-state index contributed by atoms with van der Waals surface area (Å²) < 4.78 is 0.826. The van der Waals surface area contributed by atoms with Gasteiger partial charge in [0.15, 0.2) is 0 Å². The van der Waals surface area contributed by atoms with E-state index in [9.17, 15) is 4.79 Å². The fraction of sp³-hybridized carbons (Fsp3) is 0.600. The Bertz CT molecular complexity index is 444. The highest BCUT2D eigenvalue weighted by molar-refractivity contribution is 9.10. The summed E-state index contributed by atoms with van der Waals surface area (Å²) in [5, 5.41) is 2.95. The van der Waals surface area contributed by atoms with Crippen LogP contribution in [0.1, 0.15) is 36.5 Å². The van der Waals surface area contributed by atoms with Crippen molar-refractivity contribution in [3.63, 3.8) is 0 Å². The molecule has 0 unspecified atom stereocenters. The number of piperidine rings is 1. The van der Waals surface area contributed by atoms with Gasteiger partial charge in [-0.15, -0.1) is 0 Å². The number of halogens is 1. The molecular weight excluding hydrogens is 318 g/mol. The maximum atomic E-state index is 11.9. The first-order valence-corrected chi connectivity index (χ1v) is 8.05. The Morgan fingerprint density at radius 1 is 1.45 bits per heavy atom. The maximum Gasteiger partial charge on any atom is 0.252 e. The largest absolute Gasteiger partial charge is 0.352 e. The number of likely N-dealkylation sites (tertiary alicyclic amines) is 1. The zero-order chi connectivity index (χ0) is 14.4. The number of rotatable bonds is 5. The molecule has 1 aromatic rings. The number of amides is 1. The molecule has 0 atom stereocenters. The summed E-state index contributed by atoms with van der Waals surface area (Å²) in [6, 6.07) is 1.79. The number of hydrogen-bond acceptors (Lipinski definition) is 3. The Kier molecular flexibility index (Phi) is 5.98. The average Bonchev–Trinajstić information content (AvgIpc) is 2.45. The molecule has 0 spiro atoms. The number of carbonyl (C=O) groups is 1. The van der Waals surface area contributed by atoms with Gasteiger partial charge in [0.25, 0.3) is 5.91 Å². The third kappa shape index (κ3) is 4.87. The van der Waals surface area contributed by atoms with Gasteiger partial charge in [0.1, 0.15) is 0 Å². The lowest BCUT2D eigenvalue weighted by Gasteiger charge is -2.30. The summed E-state index contributed by atoms with van der Waals surface area (Å²) in [4.78, 5) is 18.4. The van der Waals surface area contributed by atoms with Gasteiger partial charge in [-0.1, -0.05) is 6.92 Å². The van der Waals surface area contributed by atoms with Crippen LogP contribution >= 0.6 is 15.9 Å². The van der Waals surface area contributed by atoms with Crippen molar-refractivity contribution in [3.8, 4) is 0 Å². The number of hydrogen-bond donors (Lipinski definition) is 1. The first-order valence-electron chi connectivity index (χ1n) is 7.26. The third-order valence-corrected chi connectivity index (χ3v) is 4.21. The second-order valence-corrected chi connectivity index (χ2v) is 6.44. The normalized spacial score (nSPS) is 17.1. The monoisotopic (exact) mass is 339 g/mol. The van der Waals surface area contributed by atoms with Crippen molar-refractivity contribution >= 4 is 21.8 Å². The quantitative estimate of drug-likeness (QED) is 0.839. The lowest BCUT2D eigenvalue weighted by molar-refractivity contribution is 0.0950. The van der Waals surface area contributed by atoms with Gasteiger partial charge < -0.3 is 10.2 Å². The number of nitrogens with zero attached hydrogens (tertiary/aromatic N) is 2. The summed E-state index contributed by atoms with van der Waals surface area (Å²) in [6.07, 6.45) is 6.87. The standard InChI is InChI=1S/C15H22BrN3O/c1-12-3-7-19(8-4-12)6-2-5-18-15(20)13-9-14(16)11-17-10-13/h9-12H,2-8H2,1H3,(H,18,20). The van der Waals surface area contributed by atoms with Crippen LogP contribution in [0.25, 0.3) is 0 Å². The van der Waals surface area contributed by atoms with Gasteiger partial charge in [-0.2, -0.15) is 0 Å². The Labute approximate surface area is 129 Å². The minimum absolute atomic E-state index is 0.0499. The number of aromatic nitrogens is 1. The Morgan fingerprint density at radius 2 is 2.20 bits per heavy atom. The lowest BCUT2D eigenvalue weighted by atomic mass is 9.99. The molecule has 20 heavy (non-hydrogen) atoms. The van der Waals surface area contributed by atoms with E-state index >= 15 is 0 Å². The zero-order valence-electron chi connectivity index (χ0n) is 11.9. The molecule has 1 amide bonds. The molecule has 0 aliphatic carbocycles. The van der Waals surface area contributed by atoms with Crippen molar-refractivity contribution in [2.75, 3.05) is 26.2 Å². The van der Waals surface area contributed by atoms with Crippen LogP contribution in [0.4, 0.5) is 0 Å². The molecule has 5 heteroatoms. The van der Waals surface area contributed by atoms with E-state index in [1.54, 1.807) is 18.5 Å². The Hall–Kier alpha value is -0.940. The van der Waals surface area contributed by atoms with Crippen LogP contribution in [-0.4, -0.2) is 42.0 Å². The molecule has 110 valence electrons. The van der Waals surface area contributed by atoms with Gasteiger partial charge in [-0.25, -0.2) is 0 Å². The van der Waals surface area contributed by atoms with E-state index in [1.807, 2.05) is 0 Å². The van der Waals surface area contributed by atoms with Crippen LogP contribution in [0.2, 0.25) is 0 Å². The lowest BCUT2D eigenvalue weighted by Crippen LogP contribution is -2.35. The molecule has 0 radical (unpaired) electrons. The van der Waals surface area contributed by atoms with E-state index in [1.165, 1.54) is 25.9 Å². The van der Waals surface area contributed by atoms with E-state index in [2.05, 4.69) is 38.1 Å². The first-order chi connectivity index (χ1) is 9.65. The minimum atomic E-state index is -0.0499. The predicted molar refractivity (Wildman–Crippen MR) is 83.7 cm³/mol. The van der Waals surface area contributed by atoms with E-state index in [4.69, 9.17) is 0 Å². The van der Waals surface area contributed by atoms with Gasteiger partial charge in [0.2, 0.25) is 0 Å². The van der Waals surface area contributed by atoms with Crippen molar-refractivity contribution in [2.24, 2.45) is 5.92 Å². The summed E-state index contributed by atoms with van der Waals surface area (Å²) in [7, 11) is 0. The summed E-state index contributed by atoms with van der Waals surface area (Å²) in [6.45, 7) is 6.51. The number of pyridine rings is 1. The van der Waals surface area contributed by atoms with Crippen LogP contribution in [0.3, 0.4) is 0 Å². The van der Waals surface area contributed by atoms with Gasteiger partial charge in [0.05, 0.1) is 5.56 Å². The van der Waals surface area contributed by atoms with E-state index in [0.29, 0.717) is 5.56 Å². The Morgan fingerprint density at radius 3 is 2.90 bits per heavy atom. The second-order valence-electron chi connectivity index (χ2n) is 5.53. The topological polar surface area (TPSA) is 45.2 Å². The smallest absolute Gasteiger partial charge is 0.252 e. The molecule has 1 aromatic heterocycles. The van der Waals surface area contributed by atoms with Crippen molar-refractivity contribution < 1.29 is 4.79 Å². The fourth-order valence-corrected chi connectivity index (χ4v) is 2.79. The SMILES string of the molecule is CC1CCN(CCCNC(=O)c2cncc(Br)c2)CC1. The van der Waals surface area contributed by atoms with Gasteiger partial charge >= 0.3 is 0 Å². The molecule has 0 bridgehead atoms. The van der Waals surface area contributed by atoms with Crippen molar-refractivity contribution in [2.45, 2.75) is 26.2 Å². The van der Waals surface area contributed by atoms with Crippen LogP contribution in [-0.2, 0) is 0 Å². The van der Waals surface area contributed by atoms with Gasteiger partial charge in [0, 0.05) is 23.4 Å². The molecule has 1 aliphatic rings. The first kappa shape index (κ1) is 15.4. The van der Waals surface area contributed by atoms with E-state index in [-0.39, 0.29) is 5.91 Å². The molecule has 1 aliphatic heterocycles. The zero-order valence-corrected chi connectivity index (χ0v) is 13.5. The van der Waals surface area contributed by atoms with Crippen molar-refractivity contribution in [1.29, 1.82) is 0 Å². The highest BCUT2D eigenvalue weighted by Gasteiger charge is 2.14. The molecular formula is C15H22BrN3O. The van der Waals surface area contributed by atoms with Crippen LogP contribution < -0.4 is 5.32 Å². The average molecular weight is 340 g/mol. The third-order valence-electron chi connectivity index (χ3n) is 3.78.